The Morgan fingerprint density at radius 1 is 1.06 bits per heavy atom. The number of pyridine rings is 1. The highest BCUT2D eigenvalue weighted by Gasteiger charge is 2.40. The van der Waals surface area contributed by atoms with Crippen molar-refractivity contribution >= 4 is 12.1 Å². The van der Waals surface area contributed by atoms with E-state index in [1.165, 1.54) is 11.1 Å². The van der Waals surface area contributed by atoms with Gasteiger partial charge in [0.2, 0.25) is 5.88 Å². The van der Waals surface area contributed by atoms with Crippen molar-refractivity contribution in [2.45, 2.75) is 38.1 Å². The molecule has 33 heavy (non-hydrogen) atoms. The van der Waals surface area contributed by atoms with E-state index in [9.17, 15) is 4.79 Å². The van der Waals surface area contributed by atoms with Gasteiger partial charge in [0, 0.05) is 37.3 Å². The average molecular weight is 440 g/mol. The second kappa shape index (κ2) is 9.49. The Labute approximate surface area is 195 Å². The maximum atomic E-state index is 12.7. The van der Waals surface area contributed by atoms with E-state index >= 15 is 0 Å². The Hall–Kier alpha value is -3.60. The normalized spacial score (nSPS) is 19.7. The molecule has 5 nitrogen and oxygen atoms in total. The molecule has 1 aliphatic carbocycles. The molecule has 1 saturated carbocycles. The number of aromatic nitrogens is 1. The van der Waals surface area contributed by atoms with E-state index in [0.717, 1.165) is 49.2 Å². The third-order valence-electron chi connectivity index (χ3n) is 6.36. The van der Waals surface area contributed by atoms with Crippen LogP contribution in [0.25, 0.3) is 6.08 Å². The molecular formula is C28H29N3O2. The van der Waals surface area contributed by atoms with E-state index in [0.29, 0.717) is 11.8 Å². The van der Waals surface area contributed by atoms with Crippen LogP contribution in [-0.2, 0) is 0 Å². The van der Waals surface area contributed by atoms with Gasteiger partial charge in [0.25, 0.3) is 0 Å². The molecule has 1 N–H and O–H groups in total. The molecule has 2 amide bonds. The van der Waals surface area contributed by atoms with Crippen LogP contribution in [-0.4, -0.2) is 35.0 Å². The predicted octanol–water partition coefficient (Wildman–Crippen LogP) is 5.93. The monoisotopic (exact) mass is 439 g/mol. The maximum Gasteiger partial charge on any atom is 0.317 e. The molecule has 0 radical (unpaired) electrons. The van der Waals surface area contributed by atoms with Gasteiger partial charge in [-0.3, -0.25) is 0 Å². The highest BCUT2D eigenvalue weighted by molar-refractivity contribution is 5.75. The van der Waals surface area contributed by atoms with Gasteiger partial charge < -0.3 is 15.0 Å². The lowest BCUT2D eigenvalue weighted by Crippen LogP contribution is -2.44. The minimum Gasteiger partial charge on any atom is -0.439 e. The molecule has 0 bridgehead atoms. The molecule has 3 aromatic rings. The van der Waals surface area contributed by atoms with Crippen molar-refractivity contribution in [3.8, 4) is 11.6 Å². The van der Waals surface area contributed by atoms with E-state index in [4.69, 9.17) is 4.74 Å². The Balaban J connectivity index is 1.13. The summed E-state index contributed by atoms with van der Waals surface area (Å²) in [7, 11) is 0. The van der Waals surface area contributed by atoms with Gasteiger partial charge in [-0.05, 0) is 55.0 Å². The molecular weight excluding hydrogens is 410 g/mol. The molecule has 0 spiro atoms. The summed E-state index contributed by atoms with van der Waals surface area (Å²) in [5, 5.41) is 3.22. The number of likely N-dealkylation sites (tertiary alicyclic amines) is 1. The molecule has 2 aliphatic rings. The molecule has 168 valence electrons. The smallest absolute Gasteiger partial charge is 0.317 e. The van der Waals surface area contributed by atoms with E-state index in [-0.39, 0.29) is 12.1 Å². The number of hydrogen-bond donors (Lipinski definition) is 1. The summed E-state index contributed by atoms with van der Waals surface area (Å²) in [6.07, 6.45) is 6.84. The number of nitrogens with one attached hydrogen (secondary N) is 1. The zero-order valence-electron chi connectivity index (χ0n) is 18.9. The maximum absolute atomic E-state index is 12.7. The summed E-state index contributed by atoms with van der Waals surface area (Å²) in [5.74, 6) is 1.82. The van der Waals surface area contributed by atoms with Crippen LogP contribution in [0.3, 0.4) is 0 Å². The first-order valence-electron chi connectivity index (χ1n) is 11.6. The summed E-state index contributed by atoms with van der Waals surface area (Å²) in [5.41, 5.74) is 4.89. The van der Waals surface area contributed by atoms with Crippen molar-refractivity contribution in [3.63, 3.8) is 0 Å². The van der Waals surface area contributed by atoms with Crippen molar-refractivity contribution in [2.75, 3.05) is 13.1 Å². The first kappa shape index (κ1) is 21.3. The summed E-state index contributed by atoms with van der Waals surface area (Å²) in [6, 6.07) is 22.7. The van der Waals surface area contributed by atoms with Crippen molar-refractivity contribution in [2.24, 2.45) is 0 Å². The molecule has 2 fully saturated rings. The Bertz CT molecular complexity index is 1130. The minimum atomic E-state index is 0.0680. The fourth-order valence-corrected chi connectivity index (χ4v) is 4.35. The summed E-state index contributed by atoms with van der Waals surface area (Å²) in [4.78, 5) is 19.0. The first-order valence-corrected chi connectivity index (χ1v) is 11.6. The lowest BCUT2D eigenvalue weighted by molar-refractivity contribution is 0.193. The van der Waals surface area contributed by atoms with Crippen LogP contribution >= 0.6 is 0 Å². The third-order valence-corrected chi connectivity index (χ3v) is 6.36. The lowest BCUT2D eigenvalue weighted by atomic mass is 10.0. The van der Waals surface area contributed by atoms with Crippen LogP contribution in [0.4, 0.5) is 4.79 Å². The zero-order valence-corrected chi connectivity index (χ0v) is 18.9. The number of ether oxygens (including phenoxy) is 1. The molecule has 2 atom stereocenters. The number of aryl methyl sites for hydroxylation is 1. The fourth-order valence-electron chi connectivity index (χ4n) is 4.35. The lowest BCUT2D eigenvalue weighted by Gasteiger charge is -2.28. The second-order valence-electron chi connectivity index (χ2n) is 8.95. The van der Waals surface area contributed by atoms with Crippen molar-refractivity contribution in [1.29, 1.82) is 0 Å². The molecule has 5 heteroatoms. The van der Waals surface area contributed by atoms with Crippen molar-refractivity contribution < 1.29 is 9.53 Å². The SMILES string of the molecule is Cc1ccc(Oc2cccc(C=C3CCN(C(=O)NC4C[C@H]4c4ccccc4)CC3)c2)nc1. The Morgan fingerprint density at radius 2 is 1.88 bits per heavy atom. The van der Waals surface area contributed by atoms with E-state index in [1.807, 2.05) is 48.2 Å². The van der Waals surface area contributed by atoms with Crippen LogP contribution in [0.1, 0.15) is 41.9 Å². The Morgan fingerprint density at radius 3 is 2.64 bits per heavy atom. The number of rotatable bonds is 5. The van der Waals surface area contributed by atoms with Gasteiger partial charge >= 0.3 is 6.03 Å². The van der Waals surface area contributed by atoms with Gasteiger partial charge in [-0.2, -0.15) is 0 Å². The van der Waals surface area contributed by atoms with Crippen LogP contribution < -0.4 is 10.1 Å². The van der Waals surface area contributed by atoms with Gasteiger partial charge in [-0.1, -0.05) is 60.2 Å². The third kappa shape index (κ3) is 5.43. The van der Waals surface area contributed by atoms with Crippen molar-refractivity contribution in [1.82, 2.24) is 15.2 Å². The molecule has 2 aromatic carbocycles. The highest BCUT2D eigenvalue weighted by atomic mass is 16.5. The van der Waals surface area contributed by atoms with E-state index in [2.05, 4.69) is 46.7 Å². The standard InChI is InChI=1S/C28H29N3O2/c1-20-10-11-27(29-19-20)33-24-9-5-6-22(17-24)16-21-12-14-31(15-13-21)28(32)30-26-18-25(26)23-7-3-2-4-8-23/h2-11,16-17,19,25-26H,12-15,18H2,1H3,(H,30,32)/t25-,26?/m0/s1. The second-order valence-corrected chi connectivity index (χ2v) is 8.95. The largest absolute Gasteiger partial charge is 0.439 e. The van der Waals surface area contributed by atoms with Crippen LogP contribution in [0.15, 0.2) is 78.5 Å². The van der Waals surface area contributed by atoms with Gasteiger partial charge in [-0.25, -0.2) is 9.78 Å². The number of hydrogen-bond acceptors (Lipinski definition) is 3. The summed E-state index contributed by atoms with van der Waals surface area (Å²) >= 11 is 0. The Kier molecular flexibility index (Phi) is 6.11. The molecule has 1 unspecified atom stereocenters. The first-order chi connectivity index (χ1) is 16.1. The summed E-state index contributed by atoms with van der Waals surface area (Å²) in [6.45, 7) is 3.51. The molecule has 2 heterocycles. The number of carbonyl (C=O) groups excluding carboxylic acids is 1. The fraction of sp³-hybridized carbons (Fsp3) is 0.286. The van der Waals surface area contributed by atoms with Gasteiger partial charge in [0.05, 0.1) is 0 Å². The predicted molar refractivity (Wildman–Crippen MR) is 130 cm³/mol. The highest BCUT2D eigenvalue weighted by Crippen LogP contribution is 2.40. The quantitative estimate of drug-likeness (QED) is 0.536. The van der Waals surface area contributed by atoms with Crippen LogP contribution in [0.5, 0.6) is 11.6 Å². The van der Waals surface area contributed by atoms with E-state index in [1.54, 1.807) is 6.20 Å². The molecule has 1 aliphatic heterocycles. The van der Waals surface area contributed by atoms with Crippen LogP contribution in [0, 0.1) is 6.92 Å². The molecule has 1 saturated heterocycles. The zero-order chi connectivity index (χ0) is 22.6. The molecule has 5 rings (SSSR count). The number of carbonyl (C=O) groups is 1. The number of benzene rings is 2. The number of piperidine rings is 1. The molecule has 1 aromatic heterocycles. The number of amides is 2. The van der Waals surface area contributed by atoms with Gasteiger partial charge in [0.15, 0.2) is 0 Å². The van der Waals surface area contributed by atoms with Crippen LogP contribution in [0.2, 0.25) is 0 Å². The van der Waals surface area contributed by atoms with Gasteiger partial charge in [0.1, 0.15) is 5.75 Å². The number of nitrogens with zero attached hydrogens (tertiary/aromatic N) is 2. The van der Waals surface area contributed by atoms with E-state index < -0.39 is 0 Å². The summed E-state index contributed by atoms with van der Waals surface area (Å²) < 4.78 is 5.89. The van der Waals surface area contributed by atoms with Crippen molar-refractivity contribution in [3.05, 3.63) is 95.2 Å². The minimum absolute atomic E-state index is 0.0680. The topological polar surface area (TPSA) is 54.5 Å². The van der Waals surface area contributed by atoms with Gasteiger partial charge in [-0.15, -0.1) is 0 Å². The average Bonchev–Trinajstić information content (AvgIpc) is 3.61. The number of urea groups is 1.